The topological polar surface area (TPSA) is 13.1 Å². The zero-order valence-electron chi connectivity index (χ0n) is 8.36. The van der Waals surface area contributed by atoms with E-state index in [4.69, 9.17) is 4.42 Å². The van der Waals surface area contributed by atoms with E-state index in [0.29, 0.717) is 0 Å². The molecule has 0 aliphatic carbocycles. The number of hydrogen-bond acceptors (Lipinski definition) is 1. The molecular formula is C14H8IrO-2. The van der Waals surface area contributed by atoms with Gasteiger partial charge in [-0.2, -0.15) is 29.8 Å². The summed E-state index contributed by atoms with van der Waals surface area (Å²) >= 11 is 0. The van der Waals surface area contributed by atoms with Crippen molar-refractivity contribution in [2.75, 3.05) is 0 Å². The molecule has 0 aliphatic heterocycles. The zero-order chi connectivity index (χ0) is 10.1. The van der Waals surface area contributed by atoms with Gasteiger partial charge in [-0.15, -0.1) is 29.7 Å². The molecule has 81 valence electrons. The molecule has 16 heavy (non-hydrogen) atoms. The van der Waals surface area contributed by atoms with Gasteiger partial charge >= 0.3 is 0 Å². The maximum Gasteiger partial charge on any atom is 0.0350 e. The van der Waals surface area contributed by atoms with Crippen molar-refractivity contribution in [2.24, 2.45) is 0 Å². The van der Waals surface area contributed by atoms with Gasteiger partial charge in [-0.25, -0.2) is 0 Å². The van der Waals surface area contributed by atoms with Gasteiger partial charge in [0, 0.05) is 25.7 Å². The maximum absolute atomic E-state index is 5.67. The van der Waals surface area contributed by atoms with Gasteiger partial charge in [0.15, 0.2) is 0 Å². The molecule has 2 aromatic carbocycles. The second-order valence-electron chi connectivity index (χ2n) is 3.33. The molecule has 3 aromatic rings. The first-order valence-electron chi connectivity index (χ1n) is 4.81. The third kappa shape index (κ3) is 1.95. The fourth-order valence-corrected chi connectivity index (χ4v) is 1.57. The molecule has 0 N–H and O–H groups in total. The van der Waals surface area contributed by atoms with Gasteiger partial charge in [0.2, 0.25) is 0 Å². The number of benzene rings is 2. The molecular weight excluding hydrogens is 376 g/mol. The summed E-state index contributed by atoms with van der Waals surface area (Å²) in [5.41, 5.74) is 1.80. The first kappa shape index (κ1) is 11.1. The molecule has 0 unspecified atom stereocenters. The van der Waals surface area contributed by atoms with Crippen LogP contribution >= 0.6 is 0 Å². The standard InChI is InChI=1S/C14H8O.Ir/c1-2-6-11(7-3-1)14-10-12-8-4-5-9-13(12)15-14;/h1-6,8-9H;/q-2;. The number of para-hydroxylation sites is 1. The summed E-state index contributed by atoms with van der Waals surface area (Å²) in [6.07, 6.45) is 0. The second-order valence-corrected chi connectivity index (χ2v) is 3.33. The van der Waals surface area contributed by atoms with Gasteiger partial charge in [0.05, 0.1) is 0 Å². The minimum Gasteiger partial charge on any atom is -0.563 e. The average Bonchev–Trinajstić information content (AvgIpc) is 2.74. The number of fused-ring (bicyclic) bond motifs is 1. The molecule has 0 aliphatic rings. The maximum atomic E-state index is 5.67. The smallest absolute Gasteiger partial charge is 0.0350 e. The third-order valence-electron chi connectivity index (χ3n) is 2.30. The van der Waals surface area contributed by atoms with Crippen molar-refractivity contribution < 1.29 is 24.5 Å². The van der Waals surface area contributed by atoms with Crippen LogP contribution in [0.1, 0.15) is 0 Å². The molecule has 1 heterocycles. The van der Waals surface area contributed by atoms with E-state index in [1.807, 2.05) is 48.5 Å². The van der Waals surface area contributed by atoms with E-state index >= 15 is 0 Å². The minimum absolute atomic E-state index is 0. The van der Waals surface area contributed by atoms with Gasteiger partial charge in [-0.05, 0) is 5.76 Å². The summed E-state index contributed by atoms with van der Waals surface area (Å²) in [5.74, 6) is 0.747. The van der Waals surface area contributed by atoms with Crippen LogP contribution in [0.3, 0.4) is 0 Å². The van der Waals surface area contributed by atoms with E-state index in [-0.39, 0.29) is 20.1 Å². The fraction of sp³-hybridized carbons (Fsp3) is 0. The van der Waals surface area contributed by atoms with Crippen LogP contribution in [0, 0.1) is 12.1 Å². The molecule has 0 saturated heterocycles. The molecule has 0 fully saturated rings. The SMILES string of the molecule is [Ir].[c-]1ccccc1-c1[c-]c2ccccc2o1. The predicted octanol–water partition coefficient (Wildman–Crippen LogP) is 3.70. The minimum atomic E-state index is 0. The van der Waals surface area contributed by atoms with Crippen molar-refractivity contribution in [1.82, 2.24) is 0 Å². The third-order valence-corrected chi connectivity index (χ3v) is 2.30. The van der Waals surface area contributed by atoms with Crippen LogP contribution in [0.4, 0.5) is 0 Å². The fourth-order valence-electron chi connectivity index (χ4n) is 1.57. The Kier molecular flexibility index (Phi) is 3.23. The van der Waals surface area contributed by atoms with Crippen LogP contribution in [0.15, 0.2) is 52.9 Å². The Bertz CT molecular complexity index is 551. The Balaban J connectivity index is 0.000000963. The van der Waals surface area contributed by atoms with E-state index in [2.05, 4.69) is 12.1 Å². The molecule has 1 radical (unpaired) electrons. The van der Waals surface area contributed by atoms with Crippen LogP contribution in [0.5, 0.6) is 0 Å². The van der Waals surface area contributed by atoms with Crippen molar-refractivity contribution in [3.05, 3.63) is 60.7 Å². The molecule has 0 atom stereocenters. The summed E-state index contributed by atoms with van der Waals surface area (Å²) in [4.78, 5) is 0. The molecule has 2 heteroatoms. The molecule has 0 amide bonds. The Morgan fingerprint density at radius 2 is 1.75 bits per heavy atom. The monoisotopic (exact) mass is 385 g/mol. The van der Waals surface area contributed by atoms with E-state index in [9.17, 15) is 0 Å². The first-order valence-corrected chi connectivity index (χ1v) is 4.81. The molecule has 0 bridgehead atoms. The van der Waals surface area contributed by atoms with Crippen LogP contribution in [-0.4, -0.2) is 0 Å². The summed E-state index contributed by atoms with van der Waals surface area (Å²) in [5, 5.41) is 1.00. The van der Waals surface area contributed by atoms with Crippen molar-refractivity contribution in [3.63, 3.8) is 0 Å². The van der Waals surface area contributed by atoms with Crippen LogP contribution in [0.2, 0.25) is 0 Å². The Hall–Kier alpha value is -1.37. The van der Waals surface area contributed by atoms with Crippen LogP contribution < -0.4 is 0 Å². The Morgan fingerprint density at radius 3 is 2.50 bits per heavy atom. The van der Waals surface area contributed by atoms with Crippen LogP contribution in [-0.2, 0) is 20.1 Å². The summed E-state index contributed by atoms with van der Waals surface area (Å²) in [6.45, 7) is 0. The number of furan rings is 1. The average molecular weight is 384 g/mol. The van der Waals surface area contributed by atoms with Gasteiger partial charge in [0.1, 0.15) is 0 Å². The van der Waals surface area contributed by atoms with Crippen LogP contribution in [0.25, 0.3) is 22.3 Å². The largest absolute Gasteiger partial charge is 0.563 e. The second kappa shape index (κ2) is 4.65. The summed E-state index contributed by atoms with van der Waals surface area (Å²) in [6, 6.07) is 21.9. The van der Waals surface area contributed by atoms with Gasteiger partial charge < -0.3 is 4.42 Å². The van der Waals surface area contributed by atoms with Gasteiger partial charge in [-0.3, -0.25) is 0 Å². The molecule has 0 spiro atoms. The van der Waals surface area contributed by atoms with Crippen molar-refractivity contribution >= 4 is 11.0 Å². The van der Waals surface area contributed by atoms with E-state index < -0.39 is 0 Å². The van der Waals surface area contributed by atoms with E-state index in [1.165, 1.54) is 0 Å². The molecule has 0 saturated carbocycles. The first-order chi connectivity index (χ1) is 7.43. The van der Waals surface area contributed by atoms with Crippen molar-refractivity contribution in [2.45, 2.75) is 0 Å². The van der Waals surface area contributed by atoms with E-state index in [0.717, 1.165) is 22.3 Å². The zero-order valence-corrected chi connectivity index (χ0v) is 10.8. The predicted molar refractivity (Wildman–Crippen MR) is 59.3 cm³/mol. The molecule has 1 nitrogen and oxygen atoms in total. The normalized spacial score (nSPS) is 10.0. The van der Waals surface area contributed by atoms with Gasteiger partial charge in [-0.1, -0.05) is 12.1 Å². The summed E-state index contributed by atoms with van der Waals surface area (Å²) in [7, 11) is 0. The van der Waals surface area contributed by atoms with Crippen molar-refractivity contribution in [3.8, 4) is 11.3 Å². The Labute approximate surface area is 107 Å². The number of rotatable bonds is 1. The molecule has 1 aromatic heterocycles. The molecule has 3 rings (SSSR count). The van der Waals surface area contributed by atoms with Crippen molar-refractivity contribution in [1.29, 1.82) is 0 Å². The quantitative estimate of drug-likeness (QED) is 0.583. The summed E-state index contributed by atoms with van der Waals surface area (Å²) < 4.78 is 5.67. The van der Waals surface area contributed by atoms with Gasteiger partial charge in [0.25, 0.3) is 0 Å². The van der Waals surface area contributed by atoms with E-state index in [1.54, 1.807) is 0 Å². The number of hydrogen-bond donors (Lipinski definition) is 0. The Morgan fingerprint density at radius 1 is 0.938 bits per heavy atom.